The van der Waals surface area contributed by atoms with Gasteiger partial charge < -0.3 is 9.47 Å². The molecule has 0 atom stereocenters. The minimum absolute atomic E-state index is 0.0483. The highest BCUT2D eigenvalue weighted by Crippen LogP contribution is 2.33. The molecule has 0 spiro atoms. The molecule has 2 aromatic carbocycles. The minimum atomic E-state index is -0.0483. The van der Waals surface area contributed by atoms with Gasteiger partial charge in [0, 0.05) is 67.3 Å². The highest BCUT2D eigenvalue weighted by atomic mass is 35.5. The fourth-order valence-corrected chi connectivity index (χ4v) is 5.20. The summed E-state index contributed by atoms with van der Waals surface area (Å²) in [4.78, 5) is 17.5. The number of carbonyl (C=O) groups is 1. The quantitative estimate of drug-likeness (QED) is 0.498. The number of rotatable bonds is 4. The van der Waals surface area contributed by atoms with Gasteiger partial charge in [0.25, 0.3) is 5.91 Å². The van der Waals surface area contributed by atoms with Gasteiger partial charge in [-0.2, -0.15) is 5.26 Å². The summed E-state index contributed by atoms with van der Waals surface area (Å²) in [6.45, 7) is 9.46. The van der Waals surface area contributed by atoms with Crippen LogP contribution in [0.3, 0.4) is 0 Å². The van der Waals surface area contributed by atoms with Crippen molar-refractivity contribution >= 4 is 40.0 Å². The molecule has 1 saturated heterocycles. The summed E-state index contributed by atoms with van der Waals surface area (Å²) in [5.41, 5.74) is 4.93. The van der Waals surface area contributed by atoms with E-state index in [2.05, 4.69) is 35.5 Å². The van der Waals surface area contributed by atoms with E-state index < -0.39 is 0 Å². The van der Waals surface area contributed by atoms with E-state index in [1.54, 1.807) is 12.1 Å². The molecule has 172 valence electrons. The molecular weight excluding hydrogens is 455 g/mol. The largest absolute Gasteiger partial charge is 0.347 e. The molecule has 1 aliphatic rings. The van der Waals surface area contributed by atoms with Crippen LogP contribution < -0.4 is 0 Å². The second kappa shape index (κ2) is 9.38. The number of piperazine rings is 1. The van der Waals surface area contributed by atoms with Gasteiger partial charge in [-0.25, -0.2) is 0 Å². The predicted molar refractivity (Wildman–Crippen MR) is 134 cm³/mol. The second-order valence-electron chi connectivity index (χ2n) is 9.02. The molecule has 0 radical (unpaired) electrons. The van der Waals surface area contributed by atoms with Gasteiger partial charge >= 0.3 is 0 Å². The molecule has 0 N–H and O–H groups in total. The van der Waals surface area contributed by atoms with Crippen LogP contribution in [0.2, 0.25) is 10.0 Å². The topological polar surface area (TPSA) is 52.3 Å². The Morgan fingerprint density at radius 1 is 1.12 bits per heavy atom. The summed E-state index contributed by atoms with van der Waals surface area (Å²) in [5, 5.41) is 11.4. The van der Waals surface area contributed by atoms with E-state index in [0.29, 0.717) is 46.7 Å². The Morgan fingerprint density at radius 2 is 1.82 bits per heavy atom. The summed E-state index contributed by atoms with van der Waals surface area (Å²) in [6.07, 6.45) is 0.492. The number of aryl methyl sites for hydroxylation is 2. The van der Waals surface area contributed by atoms with Gasteiger partial charge in [-0.3, -0.25) is 9.69 Å². The average molecular weight is 483 g/mol. The van der Waals surface area contributed by atoms with Crippen LogP contribution in [0.15, 0.2) is 30.3 Å². The van der Waals surface area contributed by atoms with E-state index in [4.69, 9.17) is 23.2 Å². The van der Waals surface area contributed by atoms with Crippen molar-refractivity contribution in [1.29, 1.82) is 5.26 Å². The first-order valence-electron chi connectivity index (χ1n) is 11.2. The van der Waals surface area contributed by atoms with Gasteiger partial charge in [0.1, 0.15) is 0 Å². The number of halogens is 2. The number of amides is 1. The Balaban J connectivity index is 1.65. The molecule has 1 amide bonds. The number of nitriles is 1. The number of hydrogen-bond donors (Lipinski definition) is 0. The van der Waals surface area contributed by atoms with Crippen molar-refractivity contribution < 1.29 is 4.79 Å². The third-order valence-corrected chi connectivity index (χ3v) is 7.49. The number of nitrogens with zero attached hydrogens (tertiary/aromatic N) is 4. The Morgan fingerprint density at radius 3 is 2.45 bits per heavy atom. The molecule has 4 rings (SSSR count). The lowest BCUT2D eigenvalue weighted by Gasteiger charge is -2.37. The molecule has 3 aromatic rings. The van der Waals surface area contributed by atoms with E-state index in [1.165, 1.54) is 0 Å². The predicted octanol–water partition coefficient (Wildman–Crippen LogP) is 5.42. The molecule has 0 aliphatic carbocycles. The SMILES string of the molecule is Cc1cc(C#N)cc2c1cc(Cc1c(Cl)ccc(C(=O)N3CCN(C(C)C)CC3)c1Cl)n2C. The number of benzene rings is 2. The average Bonchev–Trinajstić information content (AvgIpc) is 3.12. The van der Waals surface area contributed by atoms with Crippen LogP contribution in [-0.2, 0) is 13.5 Å². The molecule has 5 nitrogen and oxygen atoms in total. The number of aromatic nitrogens is 1. The van der Waals surface area contributed by atoms with Gasteiger partial charge in [0.05, 0.1) is 22.2 Å². The third kappa shape index (κ3) is 4.48. The van der Waals surface area contributed by atoms with Crippen LogP contribution in [0.1, 0.15) is 46.6 Å². The maximum Gasteiger partial charge on any atom is 0.255 e. The molecule has 7 heteroatoms. The fraction of sp³-hybridized carbons (Fsp3) is 0.385. The molecule has 0 unspecified atom stereocenters. The van der Waals surface area contributed by atoms with Gasteiger partial charge in [0.15, 0.2) is 0 Å². The molecule has 2 heterocycles. The summed E-state index contributed by atoms with van der Waals surface area (Å²) in [7, 11) is 1.98. The molecule has 1 aliphatic heterocycles. The van der Waals surface area contributed by atoms with E-state index >= 15 is 0 Å². The van der Waals surface area contributed by atoms with Crippen molar-refractivity contribution in [2.45, 2.75) is 33.2 Å². The maximum atomic E-state index is 13.3. The number of hydrogen-bond acceptors (Lipinski definition) is 3. The van der Waals surface area contributed by atoms with E-state index in [-0.39, 0.29) is 5.91 Å². The molecule has 0 bridgehead atoms. The van der Waals surface area contributed by atoms with Crippen LogP contribution >= 0.6 is 23.2 Å². The molecule has 1 aromatic heterocycles. The Hall–Kier alpha value is -2.52. The molecule has 0 saturated carbocycles. The van der Waals surface area contributed by atoms with Gasteiger partial charge in [-0.05, 0) is 62.2 Å². The van der Waals surface area contributed by atoms with Crippen LogP contribution in [0.4, 0.5) is 0 Å². The molecule has 33 heavy (non-hydrogen) atoms. The summed E-state index contributed by atoms with van der Waals surface area (Å²) < 4.78 is 2.06. The first-order chi connectivity index (χ1) is 15.7. The normalized spacial score (nSPS) is 14.8. The van der Waals surface area contributed by atoms with E-state index in [0.717, 1.165) is 40.8 Å². The summed E-state index contributed by atoms with van der Waals surface area (Å²) in [5.74, 6) is -0.0483. The second-order valence-corrected chi connectivity index (χ2v) is 9.80. The first kappa shape index (κ1) is 23.6. The monoisotopic (exact) mass is 482 g/mol. The Labute approximate surface area is 205 Å². The van der Waals surface area contributed by atoms with Crippen LogP contribution in [0.25, 0.3) is 10.9 Å². The van der Waals surface area contributed by atoms with E-state index in [1.807, 2.05) is 31.0 Å². The third-order valence-electron chi connectivity index (χ3n) is 6.70. The lowest BCUT2D eigenvalue weighted by Crippen LogP contribution is -2.50. The van der Waals surface area contributed by atoms with Crippen molar-refractivity contribution in [2.24, 2.45) is 7.05 Å². The number of fused-ring (bicyclic) bond motifs is 1. The molecule has 1 fully saturated rings. The van der Waals surface area contributed by atoms with Crippen molar-refractivity contribution in [1.82, 2.24) is 14.4 Å². The van der Waals surface area contributed by atoms with Crippen molar-refractivity contribution in [3.05, 3.63) is 68.3 Å². The summed E-state index contributed by atoms with van der Waals surface area (Å²) >= 11 is 13.3. The fourth-order valence-electron chi connectivity index (χ4n) is 4.62. The lowest BCUT2D eigenvalue weighted by atomic mass is 10.0. The maximum absolute atomic E-state index is 13.3. The van der Waals surface area contributed by atoms with Gasteiger partial charge in [-0.1, -0.05) is 23.2 Å². The van der Waals surface area contributed by atoms with E-state index in [9.17, 15) is 10.1 Å². The first-order valence-corrected chi connectivity index (χ1v) is 12.0. The zero-order valence-corrected chi connectivity index (χ0v) is 21.0. The summed E-state index contributed by atoms with van der Waals surface area (Å²) in [6, 6.07) is 12.1. The Kier molecular flexibility index (Phi) is 6.72. The number of carbonyl (C=O) groups excluding carboxylic acids is 1. The van der Waals surface area contributed by atoms with Crippen molar-refractivity contribution in [3.63, 3.8) is 0 Å². The highest BCUT2D eigenvalue weighted by Gasteiger charge is 2.26. The zero-order valence-electron chi connectivity index (χ0n) is 19.5. The van der Waals surface area contributed by atoms with Crippen LogP contribution in [0.5, 0.6) is 0 Å². The zero-order chi connectivity index (χ0) is 23.9. The van der Waals surface area contributed by atoms with Gasteiger partial charge in [-0.15, -0.1) is 0 Å². The smallest absolute Gasteiger partial charge is 0.255 e. The molecular formula is C26H28Cl2N4O. The van der Waals surface area contributed by atoms with Crippen molar-refractivity contribution in [3.8, 4) is 6.07 Å². The van der Waals surface area contributed by atoms with Crippen LogP contribution in [0, 0.1) is 18.3 Å². The van der Waals surface area contributed by atoms with Crippen molar-refractivity contribution in [2.75, 3.05) is 26.2 Å². The minimum Gasteiger partial charge on any atom is -0.347 e. The van der Waals surface area contributed by atoms with Gasteiger partial charge in [0.2, 0.25) is 0 Å². The lowest BCUT2D eigenvalue weighted by molar-refractivity contribution is 0.0595. The Bertz CT molecular complexity index is 1260. The highest BCUT2D eigenvalue weighted by molar-refractivity contribution is 6.38. The standard InChI is InChI=1S/C26H28Cl2N4O/c1-16(2)31-7-9-32(10-8-31)26(33)20-5-6-23(27)22(25(20)28)14-19-13-21-17(3)11-18(15-29)12-24(21)30(19)4/h5-6,11-13,16H,7-10,14H2,1-4H3. The van der Waals surface area contributed by atoms with Crippen LogP contribution in [-0.4, -0.2) is 52.5 Å².